The fraction of sp³-hybridized carbons (Fsp3) is 0. The molecule has 1 N–H and O–H groups in total. The van der Waals surface area contributed by atoms with Crippen LogP contribution in [0.3, 0.4) is 0 Å². The molecule has 0 aliphatic heterocycles. The predicted octanol–water partition coefficient (Wildman–Crippen LogP) is 1.10. The molecule has 0 amide bonds. The quantitative estimate of drug-likeness (QED) is 0.280. The standard InChI is InChI=1S/C7H2BF4NO3/c9-3-1-4(16-8(14)15-2-13)6(11)7(12)5(3)10/h1,14H. The lowest BCUT2D eigenvalue weighted by Gasteiger charge is -2.08. The van der Waals surface area contributed by atoms with Crippen molar-refractivity contribution in [1.29, 1.82) is 5.26 Å². The fourth-order valence-electron chi connectivity index (χ4n) is 0.815. The van der Waals surface area contributed by atoms with E-state index >= 15 is 0 Å². The molecule has 1 aromatic carbocycles. The van der Waals surface area contributed by atoms with E-state index in [1.165, 1.54) is 0 Å². The van der Waals surface area contributed by atoms with Crippen molar-refractivity contribution < 1.29 is 31.9 Å². The highest BCUT2D eigenvalue weighted by atomic mass is 19.2. The molecule has 0 spiro atoms. The molecular weight excluding hydrogens is 233 g/mol. The predicted molar refractivity (Wildman–Crippen MR) is 41.6 cm³/mol. The third-order valence-electron chi connectivity index (χ3n) is 1.45. The number of benzene rings is 1. The number of hydrogen-bond donors (Lipinski definition) is 1. The van der Waals surface area contributed by atoms with Gasteiger partial charge in [-0.3, -0.25) is 0 Å². The first-order chi connectivity index (χ1) is 7.47. The molecule has 0 saturated heterocycles. The first kappa shape index (κ1) is 12.1. The Morgan fingerprint density at radius 2 is 1.81 bits per heavy atom. The van der Waals surface area contributed by atoms with Crippen molar-refractivity contribution in [3.63, 3.8) is 0 Å². The topological polar surface area (TPSA) is 62.5 Å². The highest BCUT2D eigenvalue weighted by Crippen LogP contribution is 2.24. The van der Waals surface area contributed by atoms with Crippen LogP contribution >= 0.6 is 0 Å². The molecule has 0 radical (unpaired) electrons. The highest BCUT2D eigenvalue weighted by molar-refractivity contribution is 6.36. The van der Waals surface area contributed by atoms with Gasteiger partial charge in [0.25, 0.3) is 6.26 Å². The van der Waals surface area contributed by atoms with Crippen LogP contribution in [0.5, 0.6) is 5.75 Å². The normalized spacial score (nSPS) is 9.50. The van der Waals surface area contributed by atoms with Gasteiger partial charge in [-0.25, -0.2) is 13.2 Å². The van der Waals surface area contributed by atoms with Crippen molar-refractivity contribution in [2.45, 2.75) is 0 Å². The Morgan fingerprint density at radius 1 is 1.19 bits per heavy atom. The largest absolute Gasteiger partial charge is 0.795 e. The molecular formula is C7H2BF4NO3. The maximum absolute atomic E-state index is 12.9. The van der Waals surface area contributed by atoms with Crippen LogP contribution in [0.25, 0.3) is 0 Å². The molecule has 0 saturated carbocycles. The van der Waals surface area contributed by atoms with Crippen molar-refractivity contribution in [1.82, 2.24) is 0 Å². The minimum atomic E-state index is -2.25. The molecule has 9 heteroatoms. The smallest absolute Gasteiger partial charge is 0.498 e. The first-order valence-electron chi connectivity index (χ1n) is 3.69. The summed E-state index contributed by atoms with van der Waals surface area (Å²) in [5, 5.41) is 16.6. The number of rotatable bonds is 3. The third-order valence-corrected chi connectivity index (χ3v) is 1.45. The van der Waals surface area contributed by atoms with Crippen LogP contribution in [0, 0.1) is 34.8 Å². The average molecular weight is 235 g/mol. The van der Waals surface area contributed by atoms with Gasteiger partial charge in [0, 0.05) is 6.07 Å². The molecule has 0 bridgehead atoms. The Balaban J connectivity index is 3.03. The van der Waals surface area contributed by atoms with Gasteiger partial charge in [-0.2, -0.15) is 9.65 Å². The summed E-state index contributed by atoms with van der Waals surface area (Å²) >= 11 is 0. The van der Waals surface area contributed by atoms with E-state index in [1.807, 2.05) is 0 Å². The summed E-state index contributed by atoms with van der Waals surface area (Å²) in [7, 11) is -2.25. The van der Waals surface area contributed by atoms with Crippen LogP contribution < -0.4 is 4.65 Å². The van der Waals surface area contributed by atoms with Crippen molar-refractivity contribution in [3.8, 4) is 12.0 Å². The molecule has 4 nitrogen and oxygen atoms in total. The van der Waals surface area contributed by atoms with Crippen LogP contribution in [-0.2, 0) is 4.65 Å². The van der Waals surface area contributed by atoms with E-state index in [0.29, 0.717) is 0 Å². The van der Waals surface area contributed by atoms with Crippen LogP contribution in [0.1, 0.15) is 0 Å². The van der Waals surface area contributed by atoms with Gasteiger partial charge in [0.05, 0.1) is 0 Å². The number of nitrogens with zero attached hydrogens (tertiary/aromatic N) is 1. The molecule has 1 aromatic rings. The van der Waals surface area contributed by atoms with Gasteiger partial charge >= 0.3 is 7.32 Å². The van der Waals surface area contributed by atoms with Gasteiger partial charge in [0.1, 0.15) is 5.75 Å². The summed E-state index contributed by atoms with van der Waals surface area (Å²) in [4.78, 5) is 0. The summed E-state index contributed by atoms with van der Waals surface area (Å²) in [5.74, 6) is -8.80. The summed E-state index contributed by atoms with van der Waals surface area (Å²) < 4.78 is 58.4. The summed E-state index contributed by atoms with van der Waals surface area (Å²) in [6, 6.07) is 0.164. The van der Waals surface area contributed by atoms with Crippen LogP contribution in [-0.4, -0.2) is 12.3 Å². The zero-order chi connectivity index (χ0) is 12.3. The molecule has 0 unspecified atom stereocenters. The van der Waals surface area contributed by atoms with Gasteiger partial charge in [0.15, 0.2) is 11.6 Å². The molecule has 16 heavy (non-hydrogen) atoms. The summed E-state index contributed by atoms with van der Waals surface area (Å²) in [6.07, 6.45) is 0.989. The van der Waals surface area contributed by atoms with Crippen molar-refractivity contribution >= 4 is 7.32 Å². The number of halogens is 4. The van der Waals surface area contributed by atoms with Gasteiger partial charge in [-0.15, -0.1) is 0 Å². The van der Waals surface area contributed by atoms with Crippen LogP contribution in [0.2, 0.25) is 0 Å². The molecule has 1 rings (SSSR count). The molecule has 84 valence electrons. The van der Waals surface area contributed by atoms with E-state index in [4.69, 9.17) is 10.3 Å². The Morgan fingerprint density at radius 3 is 2.38 bits per heavy atom. The van der Waals surface area contributed by atoms with Gasteiger partial charge in [0.2, 0.25) is 11.6 Å². The number of hydrogen-bond acceptors (Lipinski definition) is 4. The molecule has 0 aliphatic carbocycles. The molecule has 0 heterocycles. The summed E-state index contributed by atoms with van der Waals surface area (Å²) in [6.45, 7) is 0. The van der Waals surface area contributed by atoms with E-state index in [-0.39, 0.29) is 6.07 Å². The molecule has 0 aromatic heterocycles. The fourth-order valence-corrected chi connectivity index (χ4v) is 0.815. The second-order valence-corrected chi connectivity index (χ2v) is 2.43. The highest BCUT2D eigenvalue weighted by Gasteiger charge is 2.26. The van der Waals surface area contributed by atoms with E-state index in [2.05, 4.69) is 9.31 Å². The summed E-state index contributed by atoms with van der Waals surface area (Å²) in [5.41, 5.74) is 0. The maximum atomic E-state index is 12.9. The molecule has 0 fully saturated rings. The minimum absolute atomic E-state index is 0.164. The molecule has 0 aliphatic rings. The van der Waals surface area contributed by atoms with Crippen molar-refractivity contribution in [2.24, 2.45) is 0 Å². The van der Waals surface area contributed by atoms with E-state index in [0.717, 1.165) is 6.26 Å². The van der Waals surface area contributed by atoms with Crippen LogP contribution in [0.15, 0.2) is 6.07 Å². The minimum Gasteiger partial charge on any atom is -0.498 e. The Kier molecular flexibility index (Phi) is 3.57. The number of nitriles is 1. The lowest BCUT2D eigenvalue weighted by molar-refractivity contribution is 0.266. The van der Waals surface area contributed by atoms with E-state index in [9.17, 15) is 17.6 Å². The average Bonchev–Trinajstić information content (AvgIpc) is 2.23. The van der Waals surface area contributed by atoms with E-state index < -0.39 is 36.3 Å². The zero-order valence-corrected chi connectivity index (χ0v) is 7.38. The van der Waals surface area contributed by atoms with Crippen molar-refractivity contribution in [2.75, 3.05) is 0 Å². The Bertz CT molecular complexity index is 450. The first-order valence-corrected chi connectivity index (χ1v) is 3.69. The second kappa shape index (κ2) is 4.72. The van der Waals surface area contributed by atoms with Gasteiger partial charge in [-0.1, -0.05) is 0 Å². The molecule has 0 atom stereocenters. The van der Waals surface area contributed by atoms with Gasteiger partial charge < -0.3 is 14.3 Å². The van der Waals surface area contributed by atoms with Crippen molar-refractivity contribution in [3.05, 3.63) is 29.3 Å². The monoisotopic (exact) mass is 235 g/mol. The SMILES string of the molecule is N#COB(O)Oc1cc(F)c(F)c(F)c1F. The van der Waals surface area contributed by atoms with E-state index in [1.54, 1.807) is 0 Å². The van der Waals surface area contributed by atoms with Gasteiger partial charge in [-0.05, 0) is 0 Å². The van der Waals surface area contributed by atoms with Crippen LogP contribution in [0.4, 0.5) is 17.6 Å². The lowest BCUT2D eigenvalue weighted by Crippen LogP contribution is -2.25. The lowest BCUT2D eigenvalue weighted by atomic mass is 10.2. The Labute approximate surface area is 86.8 Å². The second-order valence-electron chi connectivity index (χ2n) is 2.43. The zero-order valence-electron chi connectivity index (χ0n) is 7.38. The maximum Gasteiger partial charge on any atom is 0.795 e. The Hall–Kier alpha value is -1.95. The third kappa shape index (κ3) is 2.35.